The fourth-order valence-corrected chi connectivity index (χ4v) is 4.28. The largest absolute Gasteiger partial charge is 0.351 e. The van der Waals surface area contributed by atoms with E-state index in [1.54, 1.807) is 0 Å². The van der Waals surface area contributed by atoms with Gasteiger partial charge in [0.05, 0.1) is 0 Å². The van der Waals surface area contributed by atoms with Crippen LogP contribution in [-0.4, -0.2) is 24.3 Å². The maximum Gasteiger partial charge on any atom is 0.252 e. The zero-order valence-electron chi connectivity index (χ0n) is 15.3. The number of amides is 2. The molecule has 1 unspecified atom stereocenters. The first kappa shape index (κ1) is 19.4. The Labute approximate surface area is 164 Å². The van der Waals surface area contributed by atoms with Crippen LogP contribution in [0.2, 0.25) is 0 Å². The molecule has 1 saturated carbocycles. The SMILES string of the molecule is O=CN(c1cccc(F)c1)C1(C(=O)NC2CC(F)(F)C2)CCc2cc(F)ccc21. The summed E-state index contributed by atoms with van der Waals surface area (Å²) in [6.45, 7) is 0. The Morgan fingerprint density at radius 1 is 1.10 bits per heavy atom. The molecule has 0 aliphatic heterocycles. The Hall–Kier alpha value is -2.90. The van der Waals surface area contributed by atoms with Crippen LogP contribution in [-0.2, 0) is 21.5 Å². The summed E-state index contributed by atoms with van der Waals surface area (Å²) in [5, 5.41) is 2.60. The Bertz CT molecular complexity index is 973. The van der Waals surface area contributed by atoms with Gasteiger partial charge in [-0.25, -0.2) is 17.6 Å². The van der Waals surface area contributed by atoms with E-state index < -0.39 is 47.9 Å². The first-order chi connectivity index (χ1) is 13.7. The summed E-state index contributed by atoms with van der Waals surface area (Å²) in [5.41, 5.74) is -0.490. The lowest BCUT2D eigenvalue weighted by Gasteiger charge is -2.42. The number of carbonyl (C=O) groups is 2. The molecule has 0 aromatic heterocycles. The standard InChI is InChI=1S/C21H18F4N2O2/c22-14-2-1-3-17(9-14)27(12-28)21(19(29)26-16-10-20(24,25)11-16)7-6-13-8-15(23)4-5-18(13)21/h1-5,8-9,12,16H,6-7,10-11H2,(H,26,29). The number of nitrogens with zero attached hydrogens (tertiary/aromatic N) is 1. The number of rotatable bonds is 5. The summed E-state index contributed by atoms with van der Waals surface area (Å²) < 4.78 is 54.0. The third-order valence-electron chi connectivity index (χ3n) is 5.67. The second kappa shape index (κ2) is 6.86. The van der Waals surface area contributed by atoms with Crippen LogP contribution in [0.1, 0.15) is 30.4 Å². The molecule has 4 nitrogen and oxygen atoms in total. The van der Waals surface area contributed by atoms with Crippen molar-refractivity contribution in [3.05, 3.63) is 65.2 Å². The number of hydrogen-bond donors (Lipinski definition) is 1. The van der Waals surface area contributed by atoms with Crippen molar-refractivity contribution in [2.75, 3.05) is 4.90 Å². The van der Waals surface area contributed by atoms with E-state index in [0.717, 1.165) is 11.0 Å². The number of nitrogens with one attached hydrogen (secondary N) is 1. The number of alkyl halides is 2. The minimum atomic E-state index is -2.82. The quantitative estimate of drug-likeness (QED) is 0.608. The van der Waals surface area contributed by atoms with Gasteiger partial charge in [0.1, 0.15) is 11.6 Å². The molecule has 1 N–H and O–H groups in total. The Balaban J connectivity index is 1.78. The monoisotopic (exact) mass is 406 g/mol. The Morgan fingerprint density at radius 2 is 1.83 bits per heavy atom. The van der Waals surface area contributed by atoms with Gasteiger partial charge in [-0.3, -0.25) is 14.5 Å². The smallest absolute Gasteiger partial charge is 0.252 e. The van der Waals surface area contributed by atoms with Gasteiger partial charge in [-0.2, -0.15) is 0 Å². The second-order valence-corrected chi connectivity index (χ2v) is 7.55. The topological polar surface area (TPSA) is 49.4 Å². The molecule has 8 heteroatoms. The second-order valence-electron chi connectivity index (χ2n) is 7.55. The molecule has 2 aromatic carbocycles. The van der Waals surface area contributed by atoms with Crippen molar-refractivity contribution in [3.8, 4) is 0 Å². The van der Waals surface area contributed by atoms with Crippen LogP contribution in [0.25, 0.3) is 0 Å². The van der Waals surface area contributed by atoms with Crippen molar-refractivity contribution < 1.29 is 27.2 Å². The summed E-state index contributed by atoms with van der Waals surface area (Å²) in [5.74, 6) is -4.54. The van der Waals surface area contributed by atoms with Gasteiger partial charge >= 0.3 is 0 Å². The van der Waals surface area contributed by atoms with Crippen molar-refractivity contribution in [2.45, 2.75) is 43.2 Å². The number of anilines is 1. The van der Waals surface area contributed by atoms with Gasteiger partial charge in [0.25, 0.3) is 11.8 Å². The van der Waals surface area contributed by atoms with Gasteiger partial charge < -0.3 is 5.32 Å². The van der Waals surface area contributed by atoms with Crippen molar-refractivity contribution in [2.24, 2.45) is 0 Å². The van der Waals surface area contributed by atoms with Gasteiger partial charge in [0.15, 0.2) is 5.54 Å². The Morgan fingerprint density at radius 3 is 2.48 bits per heavy atom. The molecule has 4 rings (SSSR count). The van der Waals surface area contributed by atoms with Crippen molar-refractivity contribution in [1.82, 2.24) is 5.32 Å². The van der Waals surface area contributed by atoms with Gasteiger partial charge in [-0.15, -0.1) is 0 Å². The molecule has 0 heterocycles. The highest BCUT2D eigenvalue weighted by Gasteiger charge is 2.53. The van der Waals surface area contributed by atoms with Gasteiger partial charge in [0, 0.05) is 24.6 Å². The lowest BCUT2D eigenvalue weighted by atomic mass is 9.84. The maximum atomic E-state index is 13.8. The number of carbonyl (C=O) groups excluding carboxylic acids is 2. The normalized spacial score (nSPS) is 22.5. The molecule has 0 spiro atoms. The van der Waals surface area contributed by atoms with Crippen LogP contribution in [0, 0.1) is 11.6 Å². The third kappa shape index (κ3) is 3.26. The minimum absolute atomic E-state index is 0.121. The molecule has 2 aliphatic rings. The van der Waals surface area contributed by atoms with Gasteiger partial charge in [-0.05, 0) is 54.3 Å². The fraction of sp³-hybridized carbons (Fsp3) is 0.333. The molecular weight excluding hydrogens is 388 g/mol. The minimum Gasteiger partial charge on any atom is -0.351 e. The number of halogens is 4. The van der Waals surface area contributed by atoms with E-state index in [1.807, 2.05) is 0 Å². The van der Waals surface area contributed by atoms with Gasteiger partial charge in [-0.1, -0.05) is 12.1 Å². The van der Waals surface area contributed by atoms with Crippen molar-refractivity contribution in [3.63, 3.8) is 0 Å². The van der Waals surface area contributed by atoms with E-state index in [2.05, 4.69) is 5.32 Å². The average molecular weight is 406 g/mol. The summed E-state index contributed by atoms with van der Waals surface area (Å²) in [4.78, 5) is 26.5. The van der Waals surface area contributed by atoms with E-state index in [-0.39, 0.29) is 12.1 Å². The number of benzene rings is 2. The molecule has 152 valence electrons. The van der Waals surface area contributed by atoms with Crippen LogP contribution < -0.4 is 10.2 Å². The lowest BCUT2D eigenvalue weighted by Crippen LogP contribution is -2.60. The fourth-order valence-electron chi connectivity index (χ4n) is 4.28. The van der Waals surface area contributed by atoms with Crippen LogP contribution in [0.5, 0.6) is 0 Å². The lowest BCUT2D eigenvalue weighted by molar-refractivity contribution is -0.135. The number of fused-ring (bicyclic) bond motifs is 1. The van der Waals surface area contributed by atoms with E-state index in [9.17, 15) is 27.2 Å². The molecule has 0 bridgehead atoms. The van der Waals surface area contributed by atoms with Gasteiger partial charge in [0.2, 0.25) is 6.41 Å². The predicted molar refractivity (Wildman–Crippen MR) is 97.5 cm³/mol. The number of aryl methyl sites for hydroxylation is 1. The summed E-state index contributed by atoms with van der Waals surface area (Å²) in [6, 6.07) is 8.36. The Kier molecular flexibility index (Phi) is 4.59. The van der Waals surface area contributed by atoms with Crippen LogP contribution >= 0.6 is 0 Å². The van der Waals surface area contributed by atoms with E-state index >= 15 is 0 Å². The molecule has 0 saturated heterocycles. The molecule has 2 aromatic rings. The third-order valence-corrected chi connectivity index (χ3v) is 5.67. The first-order valence-electron chi connectivity index (χ1n) is 9.23. The summed E-state index contributed by atoms with van der Waals surface area (Å²) in [6.07, 6.45) is -0.114. The highest BCUT2D eigenvalue weighted by molar-refractivity contribution is 5.98. The van der Waals surface area contributed by atoms with E-state index in [1.165, 1.54) is 36.4 Å². The maximum absolute atomic E-state index is 13.8. The summed E-state index contributed by atoms with van der Waals surface area (Å²) >= 11 is 0. The first-order valence-corrected chi connectivity index (χ1v) is 9.23. The predicted octanol–water partition coefficient (Wildman–Crippen LogP) is 3.68. The molecule has 0 radical (unpaired) electrons. The molecule has 1 atom stereocenters. The average Bonchev–Trinajstić information content (AvgIpc) is 3.00. The molecule has 1 fully saturated rings. The molecular formula is C21H18F4N2O2. The van der Waals surface area contributed by atoms with Crippen molar-refractivity contribution >= 4 is 18.0 Å². The van der Waals surface area contributed by atoms with Crippen LogP contribution in [0.3, 0.4) is 0 Å². The number of hydrogen-bond acceptors (Lipinski definition) is 2. The highest BCUT2D eigenvalue weighted by Crippen LogP contribution is 2.45. The van der Waals surface area contributed by atoms with Crippen LogP contribution in [0.4, 0.5) is 23.2 Å². The van der Waals surface area contributed by atoms with E-state index in [4.69, 9.17) is 0 Å². The molecule has 2 amide bonds. The molecule has 29 heavy (non-hydrogen) atoms. The zero-order valence-corrected chi connectivity index (χ0v) is 15.3. The van der Waals surface area contributed by atoms with Crippen molar-refractivity contribution in [1.29, 1.82) is 0 Å². The van der Waals surface area contributed by atoms with Crippen LogP contribution in [0.15, 0.2) is 42.5 Å². The highest BCUT2D eigenvalue weighted by atomic mass is 19.3. The molecule has 2 aliphatic carbocycles. The summed E-state index contributed by atoms with van der Waals surface area (Å²) in [7, 11) is 0. The zero-order chi connectivity index (χ0) is 20.8. The van der Waals surface area contributed by atoms with E-state index in [0.29, 0.717) is 24.0 Å².